The van der Waals surface area contributed by atoms with Crippen molar-refractivity contribution in [2.75, 3.05) is 18.6 Å². The van der Waals surface area contributed by atoms with Gasteiger partial charge in [-0.2, -0.15) is 0 Å². The number of rotatable bonds is 5. The maximum atomic E-state index is 10.8. The Balaban J connectivity index is 2.16. The van der Waals surface area contributed by atoms with Crippen molar-refractivity contribution >= 4 is 11.4 Å². The van der Waals surface area contributed by atoms with Gasteiger partial charge in [0.25, 0.3) is 5.69 Å². The van der Waals surface area contributed by atoms with E-state index in [1.54, 1.807) is 12.1 Å². The molecule has 0 bridgehead atoms. The van der Waals surface area contributed by atoms with Gasteiger partial charge in [0.1, 0.15) is 5.69 Å². The van der Waals surface area contributed by atoms with Crippen molar-refractivity contribution in [3.8, 4) is 0 Å². The lowest BCUT2D eigenvalue weighted by atomic mass is 10.0. The lowest BCUT2D eigenvalue weighted by Crippen LogP contribution is -2.34. The molecule has 0 aliphatic carbocycles. The van der Waals surface area contributed by atoms with Crippen molar-refractivity contribution in [3.63, 3.8) is 0 Å². The molecule has 0 aromatic heterocycles. The minimum absolute atomic E-state index is 0.0373. The SMILES string of the molecule is CC1CCN(Cc2ccc([N+](=O)[O-])c(NN)c2)C1CO. The molecule has 2 atom stereocenters. The summed E-state index contributed by atoms with van der Waals surface area (Å²) in [6, 6.07) is 5.03. The fraction of sp³-hybridized carbons (Fsp3) is 0.538. The number of nitrogen functional groups attached to an aromatic ring is 1. The molecule has 1 aromatic rings. The first kappa shape index (κ1) is 14.7. The Morgan fingerprint density at radius 1 is 1.60 bits per heavy atom. The number of nitrogens with two attached hydrogens (primary N) is 1. The van der Waals surface area contributed by atoms with Gasteiger partial charge in [0.15, 0.2) is 0 Å². The van der Waals surface area contributed by atoms with Crippen LogP contribution < -0.4 is 11.3 Å². The highest BCUT2D eigenvalue weighted by Gasteiger charge is 2.30. The van der Waals surface area contributed by atoms with Crippen molar-refractivity contribution in [1.82, 2.24) is 4.90 Å². The van der Waals surface area contributed by atoms with Crippen LogP contribution >= 0.6 is 0 Å². The molecule has 1 aliphatic heterocycles. The molecule has 1 heterocycles. The third-order valence-electron chi connectivity index (χ3n) is 3.98. The number of anilines is 1. The van der Waals surface area contributed by atoms with Crippen LogP contribution in [0.15, 0.2) is 18.2 Å². The number of aliphatic hydroxyl groups excluding tert-OH is 1. The number of hydrazine groups is 1. The monoisotopic (exact) mass is 280 g/mol. The van der Waals surface area contributed by atoms with Crippen LogP contribution in [0, 0.1) is 16.0 Å². The van der Waals surface area contributed by atoms with E-state index in [1.807, 2.05) is 0 Å². The summed E-state index contributed by atoms with van der Waals surface area (Å²) in [4.78, 5) is 12.6. The largest absolute Gasteiger partial charge is 0.395 e. The van der Waals surface area contributed by atoms with Gasteiger partial charge >= 0.3 is 0 Å². The summed E-state index contributed by atoms with van der Waals surface area (Å²) in [6.07, 6.45) is 1.06. The van der Waals surface area contributed by atoms with Gasteiger partial charge in [0.2, 0.25) is 0 Å². The number of benzene rings is 1. The number of nitrogens with zero attached hydrogens (tertiary/aromatic N) is 2. The maximum absolute atomic E-state index is 10.8. The summed E-state index contributed by atoms with van der Waals surface area (Å²) >= 11 is 0. The summed E-state index contributed by atoms with van der Waals surface area (Å²) < 4.78 is 0. The number of likely N-dealkylation sites (tertiary alicyclic amines) is 1. The highest BCUT2D eigenvalue weighted by Crippen LogP contribution is 2.28. The Morgan fingerprint density at radius 3 is 2.95 bits per heavy atom. The van der Waals surface area contributed by atoms with E-state index in [0.717, 1.165) is 18.5 Å². The smallest absolute Gasteiger partial charge is 0.293 e. The molecule has 0 spiro atoms. The van der Waals surface area contributed by atoms with E-state index >= 15 is 0 Å². The zero-order valence-corrected chi connectivity index (χ0v) is 11.5. The van der Waals surface area contributed by atoms with Crippen molar-refractivity contribution in [3.05, 3.63) is 33.9 Å². The molecule has 0 amide bonds. The second-order valence-electron chi connectivity index (χ2n) is 5.24. The second kappa shape index (κ2) is 6.17. The van der Waals surface area contributed by atoms with Gasteiger partial charge in [-0.25, -0.2) is 0 Å². The minimum atomic E-state index is -0.465. The van der Waals surface area contributed by atoms with Crippen LogP contribution in [-0.4, -0.2) is 34.1 Å². The van der Waals surface area contributed by atoms with Crippen molar-refractivity contribution in [2.45, 2.75) is 25.9 Å². The first-order chi connectivity index (χ1) is 9.56. The molecular weight excluding hydrogens is 260 g/mol. The van der Waals surface area contributed by atoms with Crippen LogP contribution in [0.1, 0.15) is 18.9 Å². The number of hydrogen-bond donors (Lipinski definition) is 3. The van der Waals surface area contributed by atoms with Crippen LogP contribution in [-0.2, 0) is 6.54 Å². The van der Waals surface area contributed by atoms with E-state index in [4.69, 9.17) is 5.84 Å². The second-order valence-corrected chi connectivity index (χ2v) is 5.24. The topological polar surface area (TPSA) is 105 Å². The van der Waals surface area contributed by atoms with Crippen LogP contribution in [0.5, 0.6) is 0 Å². The van der Waals surface area contributed by atoms with Gasteiger partial charge in [-0.15, -0.1) is 0 Å². The van der Waals surface area contributed by atoms with Crippen LogP contribution in [0.4, 0.5) is 11.4 Å². The van der Waals surface area contributed by atoms with E-state index in [-0.39, 0.29) is 18.3 Å². The van der Waals surface area contributed by atoms with Crippen molar-refractivity contribution in [2.24, 2.45) is 11.8 Å². The zero-order valence-electron chi connectivity index (χ0n) is 11.5. The zero-order chi connectivity index (χ0) is 14.7. The van der Waals surface area contributed by atoms with E-state index in [0.29, 0.717) is 18.2 Å². The first-order valence-corrected chi connectivity index (χ1v) is 6.65. The van der Waals surface area contributed by atoms with Crippen LogP contribution in [0.2, 0.25) is 0 Å². The number of nitro benzene ring substituents is 1. The Morgan fingerprint density at radius 2 is 2.35 bits per heavy atom. The van der Waals surface area contributed by atoms with E-state index in [9.17, 15) is 15.2 Å². The summed E-state index contributed by atoms with van der Waals surface area (Å²) in [5.74, 6) is 5.80. The highest BCUT2D eigenvalue weighted by atomic mass is 16.6. The number of hydrogen-bond acceptors (Lipinski definition) is 6. The molecule has 2 unspecified atom stereocenters. The molecule has 1 aromatic carbocycles. The molecule has 0 radical (unpaired) electrons. The molecule has 1 aliphatic rings. The summed E-state index contributed by atoms with van der Waals surface area (Å²) in [7, 11) is 0. The third-order valence-corrected chi connectivity index (χ3v) is 3.98. The lowest BCUT2D eigenvalue weighted by Gasteiger charge is -2.25. The quantitative estimate of drug-likeness (QED) is 0.423. The van der Waals surface area contributed by atoms with Gasteiger partial charge in [-0.05, 0) is 30.5 Å². The summed E-state index contributed by atoms with van der Waals surface area (Å²) in [5.41, 5.74) is 3.58. The van der Waals surface area contributed by atoms with Gasteiger partial charge in [0.05, 0.1) is 11.5 Å². The van der Waals surface area contributed by atoms with Crippen LogP contribution in [0.25, 0.3) is 0 Å². The predicted octanol–water partition coefficient (Wildman–Crippen LogP) is 1.08. The molecule has 7 nitrogen and oxygen atoms in total. The average Bonchev–Trinajstić information content (AvgIpc) is 2.78. The van der Waals surface area contributed by atoms with Gasteiger partial charge < -0.3 is 10.5 Å². The fourth-order valence-corrected chi connectivity index (χ4v) is 2.77. The van der Waals surface area contributed by atoms with Crippen molar-refractivity contribution in [1.29, 1.82) is 0 Å². The van der Waals surface area contributed by atoms with Gasteiger partial charge in [-0.3, -0.25) is 20.9 Å². The molecule has 1 saturated heterocycles. The average molecular weight is 280 g/mol. The van der Waals surface area contributed by atoms with E-state index < -0.39 is 4.92 Å². The van der Waals surface area contributed by atoms with E-state index in [2.05, 4.69) is 17.2 Å². The minimum Gasteiger partial charge on any atom is -0.395 e. The number of nitro groups is 1. The molecular formula is C13H20N4O3. The van der Waals surface area contributed by atoms with Gasteiger partial charge in [-0.1, -0.05) is 13.0 Å². The third kappa shape index (κ3) is 2.90. The molecule has 7 heteroatoms. The highest BCUT2D eigenvalue weighted by molar-refractivity contribution is 5.62. The first-order valence-electron chi connectivity index (χ1n) is 6.65. The number of nitrogens with one attached hydrogen (secondary N) is 1. The van der Waals surface area contributed by atoms with Crippen LogP contribution in [0.3, 0.4) is 0 Å². The summed E-state index contributed by atoms with van der Waals surface area (Å²) in [6.45, 7) is 3.84. The maximum Gasteiger partial charge on any atom is 0.293 e. The fourth-order valence-electron chi connectivity index (χ4n) is 2.77. The molecule has 20 heavy (non-hydrogen) atoms. The molecule has 1 fully saturated rings. The van der Waals surface area contributed by atoms with E-state index in [1.165, 1.54) is 6.07 Å². The Kier molecular flexibility index (Phi) is 4.53. The Bertz CT molecular complexity index is 495. The lowest BCUT2D eigenvalue weighted by molar-refractivity contribution is -0.384. The summed E-state index contributed by atoms with van der Waals surface area (Å²) in [5, 5.41) is 20.3. The normalized spacial score (nSPS) is 22.9. The van der Waals surface area contributed by atoms with Crippen molar-refractivity contribution < 1.29 is 10.0 Å². The number of aliphatic hydroxyl groups is 1. The van der Waals surface area contributed by atoms with Gasteiger partial charge in [0, 0.05) is 18.7 Å². The molecule has 110 valence electrons. The molecule has 0 saturated carbocycles. The molecule has 2 rings (SSSR count). The Hall–Kier alpha value is -1.70. The predicted molar refractivity (Wildman–Crippen MR) is 76.0 cm³/mol. The molecule has 4 N–H and O–H groups in total. The standard InChI is InChI=1S/C13H20N4O3/c1-9-4-5-16(13(9)8-18)7-10-2-3-12(17(19)20)11(6-10)15-14/h2-3,6,9,13,15,18H,4-5,7-8,14H2,1H3. The Labute approximate surface area is 117 Å².